The molecule has 0 atom stereocenters. The molecule has 0 aliphatic heterocycles. The standard InChI is InChI=1S/C17H30N6O/c1-7-10-18-17(20-12-16(24)22(4)5)19-11-8-9-15-13(2)21-23(6)14(15)3/h7H,1,8-12H2,2-6H3,(H2,18,19,20). The molecule has 0 saturated carbocycles. The van der Waals surface area contributed by atoms with E-state index in [9.17, 15) is 4.79 Å². The highest BCUT2D eigenvalue weighted by molar-refractivity contribution is 5.84. The van der Waals surface area contributed by atoms with Gasteiger partial charge in [-0.25, -0.2) is 4.99 Å². The van der Waals surface area contributed by atoms with Gasteiger partial charge in [0.2, 0.25) is 5.91 Å². The number of nitrogens with one attached hydrogen (secondary N) is 2. The Kier molecular flexibility index (Phi) is 8.01. The molecule has 1 aromatic heterocycles. The third kappa shape index (κ3) is 6.06. The average Bonchev–Trinajstić information content (AvgIpc) is 2.78. The van der Waals surface area contributed by atoms with Crippen LogP contribution in [0.2, 0.25) is 0 Å². The van der Waals surface area contributed by atoms with Gasteiger partial charge in [-0.1, -0.05) is 6.08 Å². The van der Waals surface area contributed by atoms with Crippen molar-refractivity contribution < 1.29 is 4.79 Å². The summed E-state index contributed by atoms with van der Waals surface area (Å²) in [6, 6.07) is 0. The van der Waals surface area contributed by atoms with Crippen molar-refractivity contribution in [3.63, 3.8) is 0 Å². The van der Waals surface area contributed by atoms with E-state index < -0.39 is 0 Å². The molecular weight excluding hydrogens is 304 g/mol. The second-order valence-corrected chi connectivity index (χ2v) is 5.93. The Morgan fingerprint density at radius 2 is 2.08 bits per heavy atom. The van der Waals surface area contributed by atoms with Gasteiger partial charge < -0.3 is 15.5 Å². The van der Waals surface area contributed by atoms with Gasteiger partial charge in [-0.05, 0) is 32.3 Å². The first-order valence-electron chi connectivity index (χ1n) is 8.19. The van der Waals surface area contributed by atoms with Crippen LogP contribution in [0, 0.1) is 13.8 Å². The summed E-state index contributed by atoms with van der Waals surface area (Å²) in [5.41, 5.74) is 3.60. The number of aromatic nitrogens is 2. The number of hydrogen-bond acceptors (Lipinski definition) is 3. The van der Waals surface area contributed by atoms with Gasteiger partial charge in [0.25, 0.3) is 0 Å². The highest BCUT2D eigenvalue weighted by Gasteiger charge is 2.09. The van der Waals surface area contributed by atoms with Crippen LogP contribution in [0.25, 0.3) is 0 Å². The lowest BCUT2D eigenvalue weighted by molar-refractivity contribution is -0.127. The molecule has 1 amide bonds. The summed E-state index contributed by atoms with van der Waals surface area (Å²) in [5.74, 6) is 0.598. The fraction of sp³-hybridized carbons (Fsp3) is 0.588. The molecule has 24 heavy (non-hydrogen) atoms. The number of likely N-dealkylation sites (N-methyl/N-ethyl adjacent to an activating group) is 1. The summed E-state index contributed by atoms with van der Waals surface area (Å²) in [4.78, 5) is 17.5. The van der Waals surface area contributed by atoms with Crippen molar-refractivity contribution in [2.24, 2.45) is 12.0 Å². The summed E-state index contributed by atoms with van der Waals surface area (Å²) < 4.78 is 1.92. The molecular formula is C17H30N6O. The van der Waals surface area contributed by atoms with Gasteiger partial charge in [-0.2, -0.15) is 5.10 Å². The van der Waals surface area contributed by atoms with E-state index in [0.717, 1.165) is 25.1 Å². The quantitative estimate of drug-likeness (QED) is 0.319. The van der Waals surface area contributed by atoms with E-state index in [0.29, 0.717) is 12.5 Å². The molecule has 1 rings (SSSR count). The van der Waals surface area contributed by atoms with E-state index in [1.165, 1.54) is 16.2 Å². The summed E-state index contributed by atoms with van der Waals surface area (Å²) in [5, 5.41) is 10.8. The zero-order valence-electron chi connectivity index (χ0n) is 15.5. The summed E-state index contributed by atoms with van der Waals surface area (Å²) in [7, 11) is 5.41. The molecule has 0 unspecified atom stereocenters. The number of aliphatic imine (C=N–C) groups is 1. The molecule has 134 valence electrons. The molecule has 0 aliphatic rings. The summed E-state index contributed by atoms with van der Waals surface area (Å²) in [6.45, 7) is 9.31. The van der Waals surface area contributed by atoms with Crippen LogP contribution in [0.4, 0.5) is 0 Å². The molecule has 1 heterocycles. The second-order valence-electron chi connectivity index (χ2n) is 5.93. The zero-order chi connectivity index (χ0) is 18.1. The van der Waals surface area contributed by atoms with Crippen LogP contribution in [0.5, 0.6) is 0 Å². The van der Waals surface area contributed by atoms with Crippen molar-refractivity contribution in [3.8, 4) is 0 Å². The van der Waals surface area contributed by atoms with Gasteiger partial charge in [0, 0.05) is 39.9 Å². The molecule has 0 fully saturated rings. The van der Waals surface area contributed by atoms with Crippen molar-refractivity contribution in [3.05, 3.63) is 29.6 Å². The van der Waals surface area contributed by atoms with Crippen LogP contribution in [0.1, 0.15) is 23.4 Å². The van der Waals surface area contributed by atoms with E-state index in [2.05, 4.69) is 34.2 Å². The Balaban J connectivity index is 2.51. The van der Waals surface area contributed by atoms with E-state index in [1.807, 2.05) is 18.7 Å². The van der Waals surface area contributed by atoms with Crippen molar-refractivity contribution in [2.75, 3.05) is 33.7 Å². The molecule has 0 spiro atoms. The maximum Gasteiger partial charge on any atom is 0.243 e. The van der Waals surface area contributed by atoms with Crippen LogP contribution in [-0.4, -0.2) is 60.3 Å². The van der Waals surface area contributed by atoms with E-state index >= 15 is 0 Å². The number of hydrogen-bond donors (Lipinski definition) is 2. The van der Waals surface area contributed by atoms with E-state index in [4.69, 9.17) is 0 Å². The lowest BCUT2D eigenvalue weighted by atomic mass is 10.1. The molecule has 0 radical (unpaired) electrons. The number of guanidine groups is 1. The number of amides is 1. The SMILES string of the molecule is C=CCNC(=NCC(=O)N(C)C)NCCCc1c(C)nn(C)c1C. The number of rotatable bonds is 8. The highest BCUT2D eigenvalue weighted by Crippen LogP contribution is 2.13. The van der Waals surface area contributed by atoms with E-state index in [1.54, 1.807) is 20.2 Å². The molecule has 0 bridgehead atoms. The number of carbonyl (C=O) groups is 1. The Morgan fingerprint density at radius 1 is 1.38 bits per heavy atom. The van der Waals surface area contributed by atoms with Crippen molar-refractivity contribution in [1.29, 1.82) is 0 Å². The van der Waals surface area contributed by atoms with E-state index in [-0.39, 0.29) is 12.5 Å². The first-order valence-corrected chi connectivity index (χ1v) is 8.19. The van der Waals surface area contributed by atoms with Crippen LogP contribution in [0.15, 0.2) is 17.6 Å². The summed E-state index contributed by atoms with van der Waals surface area (Å²) in [6.07, 6.45) is 3.68. The third-order valence-electron chi connectivity index (χ3n) is 3.84. The van der Waals surface area contributed by atoms with Gasteiger partial charge in [-0.3, -0.25) is 9.48 Å². The monoisotopic (exact) mass is 334 g/mol. The Bertz CT molecular complexity index is 588. The fourth-order valence-electron chi connectivity index (χ4n) is 2.28. The van der Waals surface area contributed by atoms with Gasteiger partial charge in [0.1, 0.15) is 6.54 Å². The zero-order valence-corrected chi connectivity index (χ0v) is 15.5. The number of nitrogens with zero attached hydrogens (tertiary/aromatic N) is 4. The minimum Gasteiger partial charge on any atom is -0.356 e. The van der Waals surface area contributed by atoms with Crippen molar-refractivity contribution in [1.82, 2.24) is 25.3 Å². The van der Waals surface area contributed by atoms with Crippen molar-refractivity contribution in [2.45, 2.75) is 26.7 Å². The average molecular weight is 334 g/mol. The number of aryl methyl sites for hydroxylation is 2. The minimum atomic E-state index is -0.0312. The van der Waals surface area contributed by atoms with Crippen LogP contribution < -0.4 is 10.6 Å². The molecule has 0 aromatic carbocycles. The van der Waals surface area contributed by atoms with Crippen LogP contribution in [0.3, 0.4) is 0 Å². The Labute approximate surface area is 144 Å². The largest absolute Gasteiger partial charge is 0.356 e. The topological polar surface area (TPSA) is 74.6 Å². The second kappa shape index (κ2) is 9.75. The predicted molar refractivity (Wildman–Crippen MR) is 98.2 cm³/mol. The van der Waals surface area contributed by atoms with Crippen LogP contribution in [-0.2, 0) is 18.3 Å². The molecule has 2 N–H and O–H groups in total. The molecule has 1 aromatic rings. The fourth-order valence-corrected chi connectivity index (χ4v) is 2.28. The molecule has 0 saturated heterocycles. The van der Waals surface area contributed by atoms with Gasteiger partial charge >= 0.3 is 0 Å². The predicted octanol–water partition coefficient (Wildman–Crippen LogP) is 0.779. The van der Waals surface area contributed by atoms with Gasteiger partial charge in [-0.15, -0.1) is 6.58 Å². The van der Waals surface area contributed by atoms with Gasteiger partial charge in [0.15, 0.2) is 5.96 Å². The third-order valence-corrected chi connectivity index (χ3v) is 3.84. The molecule has 0 aliphatic carbocycles. The minimum absolute atomic E-state index is 0.0312. The highest BCUT2D eigenvalue weighted by atomic mass is 16.2. The molecule has 7 heteroatoms. The molecule has 7 nitrogen and oxygen atoms in total. The normalized spacial score (nSPS) is 11.3. The lowest BCUT2D eigenvalue weighted by Crippen LogP contribution is -2.39. The Hall–Kier alpha value is -2.31. The first kappa shape index (κ1) is 19.7. The Morgan fingerprint density at radius 3 is 2.62 bits per heavy atom. The van der Waals surface area contributed by atoms with Crippen LogP contribution >= 0.6 is 0 Å². The smallest absolute Gasteiger partial charge is 0.243 e. The first-order chi connectivity index (χ1) is 11.4. The lowest BCUT2D eigenvalue weighted by Gasteiger charge is -2.13. The summed E-state index contributed by atoms with van der Waals surface area (Å²) >= 11 is 0. The maximum absolute atomic E-state index is 11.6. The van der Waals surface area contributed by atoms with Gasteiger partial charge in [0.05, 0.1) is 5.69 Å². The maximum atomic E-state index is 11.6. The number of carbonyl (C=O) groups excluding carboxylic acids is 1. The van der Waals surface area contributed by atoms with Crippen molar-refractivity contribution >= 4 is 11.9 Å².